The van der Waals surface area contributed by atoms with Gasteiger partial charge in [0, 0.05) is 16.4 Å². The maximum atomic E-state index is 11.4. The van der Waals surface area contributed by atoms with Gasteiger partial charge in [-0.05, 0) is 53.1 Å². The molecule has 0 saturated heterocycles. The van der Waals surface area contributed by atoms with Crippen LogP contribution in [0.15, 0.2) is 29.4 Å². The second-order valence-corrected chi connectivity index (χ2v) is 5.33. The molecule has 0 aliphatic rings. The van der Waals surface area contributed by atoms with E-state index in [1.165, 1.54) is 0 Å². The molecule has 7 heteroatoms. The highest BCUT2D eigenvalue weighted by Gasteiger charge is 2.02. The van der Waals surface area contributed by atoms with Crippen LogP contribution in [0.5, 0.6) is 0 Å². The Morgan fingerprint density at radius 3 is 2.35 bits per heavy atom. The Labute approximate surface area is 130 Å². The number of nitrogens with one attached hydrogen (secondary N) is 2. The fraction of sp³-hybridized carbons (Fsp3) is 0.308. The SMILES string of the molecule is O=C(CCCCC(=O)N/N=C/c1ccc(I)cc1)NO. The van der Waals surface area contributed by atoms with Gasteiger partial charge in [-0.15, -0.1) is 0 Å². The second-order valence-electron chi connectivity index (χ2n) is 4.09. The van der Waals surface area contributed by atoms with Crippen molar-refractivity contribution in [1.29, 1.82) is 0 Å². The number of amides is 2. The monoisotopic (exact) mass is 389 g/mol. The first kappa shape index (κ1) is 16.6. The van der Waals surface area contributed by atoms with E-state index in [2.05, 4.69) is 33.1 Å². The standard InChI is InChI=1S/C13H16IN3O3/c14-11-7-5-10(6-8-11)9-15-16-12(18)3-1-2-4-13(19)17-20/h5-9,20H,1-4H2,(H,16,18)(H,17,19)/b15-9+. The first-order chi connectivity index (χ1) is 9.61. The van der Waals surface area contributed by atoms with Crippen molar-refractivity contribution < 1.29 is 14.8 Å². The molecule has 0 saturated carbocycles. The van der Waals surface area contributed by atoms with E-state index in [1.807, 2.05) is 24.3 Å². The average Bonchev–Trinajstić information content (AvgIpc) is 2.45. The van der Waals surface area contributed by atoms with E-state index in [0.717, 1.165) is 9.13 Å². The molecule has 0 heterocycles. The normalized spacial score (nSPS) is 10.5. The third-order valence-corrected chi connectivity index (χ3v) is 3.17. The Bertz CT molecular complexity index is 474. The second kappa shape index (κ2) is 9.43. The van der Waals surface area contributed by atoms with Crippen molar-refractivity contribution in [3.05, 3.63) is 33.4 Å². The summed E-state index contributed by atoms with van der Waals surface area (Å²) in [5.41, 5.74) is 4.88. The van der Waals surface area contributed by atoms with Crippen LogP contribution in [0.1, 0.15) is 31.2 Å². The Balaban J connectivity index is 2.19. The molecule has 6 nitrogen and oxygen atoms in total. The Morgan fingerprint density at radius 1 is 1.15 bits per heavy atom. The van der Waals surface area contributed by atoms with Gasteiger partial charge >= 0.3 is 0 Å². The zero-order chi connectivity index (χ0) is 14.8. The summed E-state index contributed by atoms with van der Waals surface area (Å²) in [6.45, 7) is 0. The van der Waals surface area contributed by atoms with E-state index in [1.54, 1.807) is 11.7 Å². The number of unbranched alkanes of at least 4 members (excludes halogenated alkanes) is 1. The molecule has 0 bridgehead atoms. The molecule has 20 heavy (non-hydrogen) atoms. The van der Waals surface area contributed by atoms with Crippen molar-refractivity contribution in [3.8, 4) is 0 Å². The van der Waals surface area contributed by atoms with Crippen molar-refractivity contribution in [3.63, 3.8) is 0 Å². The lowest BCUT2D eigenvalue weighted by Gasteiger charge is -2.00. The van der Waals surface area contributed by atoms with Crippen molar-refractivity contribution in [1.82, 2.24) is 10.9 Å². The van der Waals surface area contributed by atoms with Crippen molar-refractivity contribution >= 4 is 40.6 Å². The van der Waals surface area contributed by atoms with Crippen LogP contribution in [-0.4, -0.2) is 23.2 Å². The summed E-state index contributed by atoms with van der Waals surface area (Å²) in [5, 5.41) is 12.1. The van der Waals surface area contributed by atoms with E-state index < -0.39 is 5.91 Å². The van der Waals surface area contributed by atoms with Gasteiger partial charge in [0.1, 0.15) is 0 Å². The van der Waals surface area contributed by atoms with Gasteiger partial charge in [0.25, 0.3) is 0 Å². The third-order valence-electron chi connectivity index (χ3n) is 2.46. The van der Waals surface area contributed by atoms with Gasteiger partial charge in [0.05, 0.1) is 6.21 Å². The van der Waals surface area contributed by atoms with Gasteiger partial charge in [0.2, 0.25) is 11.8 Å². The summed E-state index contributed by atoms with van der Waals surface area (Å²) in [7, 11) is 0. The lowest BCUT2D eigenvalue weighted by atomic mass is 10.2. The van der Waals surface area contributed by atoms with Crippen LogP contribution in [0.3, 0.4) is 0 Å². The fourth-order valence-electron chi connectivity index (χ4n) is 1.41. The zero-order valence-electron chi connectivity index (χ0n) is 10.8. The number of hydroxylamine groups is 1. The third kappa shape index (κ3) is 7.19. The van der Waals surface area contributed by atoms with Crippen LogP contribution in [-0.2, 0) is 9.59 Å². The smallest absolute Gasteiger partial charge is 0.243 e. The lowest BCUT2D eigenvalue weighted by molar-refractivity contribution is -0.129. The molecule has 0 radical (unpaired) electrons. The minimum atomic E-state index is -0.442. The number of nitrogens with zero attached hydrogens (tertiary/aromatic N) is 1. The quantitative estimate of drug-likeness (QED) is 0.218. The zero-order valence-corrected chi connectivity index (χ0v) is 13.0. The largest absolute Gasteiger partial charge is 0.289 e. The van der Waals surface area contributed by atoms with Crippen LogP contribution >= 0.6 is 22.6 Å². The van der Waals surface area contributed by atoms with Crippen molar-refractivity contribution in [2.75, 3.05) is 0 Å². The molecule has 2 amide bonds. The number of halogens is 1. The highest BCUT2D eigenvalue weighted by atomic mass is 127. The first-order valence-electron chi connectivity index (χ1n) is 6.12. The molecule has 0 aliphatic carbocycles. The van der Waals surface area contributed by atoms with Gasteiger partial charge in [-0.1, -0.05) is 12.1 Å². The minimum Gasteiger partial charge on any atom is -0.289 e. The van der Waals surface area contributed by atoms with Gasteiger partial charge in [-0.2, -0.15) is 5.10 Å². The maximum absolute atomic E-state index is 11.4. The summed E-state index contributed by atoms with van der Waals surface area (Å²) in [6, 6.07) is 7.72. The van der Waals surface area contributed by atoms with Crippen LogP contribution < -0.4 is 10.9 Å². The summed E-state index contributed by atoms with van der Waals surface area (Å²) in [5.74, 6) is -0.640. The van der Waals surface area contributed by atoms with E-state index in [-0.39, 0.29) is 12.3 Å². The topological polar surface area (TPSA) is 90.8 Å². The highest BCUT2D eigenvalue weighted by molar-refractivity contribution is 14.1. The first-order valence-corrected chi connectivity index (χ1v) is 7.20. The molecule has 1 rings (SSSR count). The van der Waals surface area contributed by atoms with Crippen LogP contribution in [0.4, 0.5) is 0 Å². The molecular formula is C13H16IN3O3. The molecule has 0 unspecified atom stereocenters. The molecule has 0 aromatic heterocycles. The maximum Gasteiger partial charge on any atom is 0.243 e. The van der Waals surface area contributed by atoms with Crippen molar-refractivity contribution in [2.45, 2.75) is 25.7 Å². The molecule has 0 atom stereocenters. The van der Waals surface area contributed by atoms with E-state index in [0.29, 0.717) is 19.3 Å². The van der Waals surface area contributed by atoms with Gasteiger partial charge in [-0.25, -0.2) is 10.9 Å². The Morgan fingerprint density at radius 2 is 1.75 bits per heavy atom. The fourth-order valence-corrected chi connectivity index (χ4v) is 1.77. The van der Waals surface area contributed by atoms with E-state index in [9.17, 15) is 9.59 Å². The highest BCUT2D eigenvalue weighted by Crippen LogP contribution is 2.04. The molecule has 0 aliphatic heterocycles. The number of benzene rings is 1. The molecule has 0 fully saturated rings. The Kier molecular flexibility index (Phi) is 7.81. The number of carbonyl (C=O) groups is 2. The Hall–Kier alpha value is -1.48. The van der Waals surface area contributed by atoms with Crippen LogP contribution in [0.2, 0.25) is 0 Å². The number of hydrogen-bond acceptors (Lipinski definition) is 4. The summed E-state index contributed by atoms with van der Waals surface area (Å²) < 4.78 is 1.13. The predicted octanol–water partition coefficient (Wildman–Crippen LogP) is 1.81. The predicted molar refractivity (Wildman–Crippen MR) is 83.3 cm³/mol. The number of hydrogen-bond donors (Lipinski definition) is 3. The summed E-state index contributed by atoms with van der Waals surface area (Å²) >= 11 is 2.21. The molecule has 3 N–H and O–H groups in total. The van der Waals surface area contributed by atoms with Crippen molar-refractivity contribution in [2.24, 2.45) is 5.10 Å². The van der Waals surface area contributed by atoms with Crippen LogP contribution in [0.25, 0.3) is 0 Å². The number of hydrazone groups is 1. The lowest BCUT2D eigenvalue weighted by Crippen LogP contribution is -2.19. The van der Waals surface area contributed by atoms with Gasteiger partial charge < -0.3 is 0 Å². The van der Waals surface area contributed by atoms with Gasteiger partial charge in [0.15, 0.2) is 0 Å². The molecule has 1 aromatic rings. The van der Waals surface area contributed by atoms with E-state index >= 15 is 0 Å². The molecule has 0 spiro atoms. The average molecular weight is 389 g/mol. The minimum absolute atomic E-state index is 0.198. The van der Waals surface area contributed by atoms with Crippen LogP contribution in [0, 0.1) is 3.57 Å². The molecule has 1 aromatic carbocycles. The van der Waals surface area contributed by atoms with Gasteiger partial charge in [-0.3, -0.25) is 14.8 Å². The van der Waals surface area contributed by atoms with E-state index in [4.69, 9.17) is 5.21 Å². The molecule has 108 valence electrons. The molecular weight excluding hydrogens is 373 g/mol. The summed E-state index contributed by atoms with van der Waals surface area (Å²) in [4.78, 5) is 22.1. The summed E-state index contributed by atoms with van der Waals surface area (Å²) in [6.07, 6.45) is 3.19. The number of rotatable bonds is 7. The number of carbonyl (C=O) groups excluding carboxylic acids is 2.